The number of nitrogens with two attached hydrogens (primary N) is 2. The molecule has 0 aliphatic heterocycles. The van der Waals surface area contributed by atoms with E-state index >= 15 is 0 Å². The highest BCUT2D eigenvalue weighted by molar-refractivity contribution is 5.98. The Bertz CT molecular complexity index is 236. The number of amides is 3. The van der Waals surface area contributed by atoms with E-state index in [0.29, 0.717) is 6.92 Å². The molecule has 0 aromatic heterocycles. The van der Waals surface area contributed by atoms with Crippen molar-refractivity contribution in [3.05, 3.63) is 0 Å². The van der Waals surface area contributed by atoms with Crippen LogP contribution < -0.4 is 16.8 Å². The molecule has 1 unspecified atom stereocenters. The number of hydrogen-bond donors (Lipinski definition) is 3. The molecule has 5 N–H and O–H groups in total. The summed E-state index contributed by atoms with van der Waals surface area (Å²) in [5, 5.41) is 1.24. The maximum absolute atomic E-state index is 12.0. The van der Waals surface area contributed by atoms with Crippen LogP contribution in [0.5, 0.6) is 0 Å². The first-order chi connectivity index (χ1) is 5.59. The Hall–Kier alpha value is -1.31. The van der Waals surface area contributed by atoms with Crippen LogP contribution in [0.3, 0.4) is 0 Å². The van der Waals surface area contributed by atoms with Crippen molar-refractivity contribution in [2.75, 3.05) is 0 Å². The number of nitrogens with one attached hydrogen (secondary N) is 1. The lowest BCUT2D eigenvalue weighted by atomic mass is 10.0. The van der Waals surface area contributed by atoms with Gasteiger partial charge in [0, 0.05) is 0 Å². The molecule has 0 aliphatic carbocycles. The Morgan fingerprint density at radius 2 is 1.69 bits per heavy atom. The van der Waals surface area contributed by atoms with Crippen molar-refractivity contribution in [3.63, 3.8) is 0 Å². The van der Waals surface area contributed by atoms with Crippen molar-refractivity contribution >= 4 is 11.9 Å². The van der Waals surface area contributed by atoms with Crippen molar-refractivity contribution in [1.29, 1.82) is 0 Å². The smallest absolute Gasteiger partial charge is 0.351 e. The molecule has 3 amide bonds. The molecular formula is C5H8F3N3O2. The van der Waals surface area contributed by atoms with Gasteiger partial charge in [0.1, 0.15) is 0 Å². The highest BCUT2D eigenvalue weighted by atomic mass is 19.4. The fraction of sp³-hybridized carbons (Fsp3) is 0.600. The molecule has 0 aliphatic rings. The van der Waals surface area contributed by atoms with Crippen LogP contribution in [-0.4, -0.2) is 23.7 Å². The standard InChI is InChI=1S/C5H8F3N3O2/c1-4(10,5(6,7)8)2(12)11-3(9)13/h10H2,1H3,(H3,9,11,12,13). The van der Waals surface area contributed by atoms with Gasteiger partial charge in [-0.3, -0.25) is 10.1 Å². The van der Waals surface area contributed by atoms with Gasteiger partial charge in [0.25, 0.3) is 5.91 Å². The summed E-state index contributed by atoms with van der Waals surface area (Å²) >= 11 is 0. The molecular weight excluding hydrogens is 191 g/mol. The van der Waals surface area contributed by atoms with Gasteiger partial charge in [0.05, 0.1) is 0 Å². The average molecular weight is 199 g/mol. The summed E-state index contributed by atoms with van der Waals surface area (Å²) < 4.78 is 36.0. The summed E-state index contributed by atoms with van der Waals surface area (Å²) in [6, 6.07) is -1.38. The van der Waals surface area contributed by atoms with Gasteiger partial charge in [0.15, 0.2) is 5.54 Å². The van der Waals surface area contributed by atoms with Crippen LogP contribution in [0.2, 0.25) is 0 Å². The zero-order valence-corrected chi connectivity index (χ0v) is 6.61. The van der Waals surface area contributed by atoms with Crippen molar-refractivity contribution < 1.29 is 22.8 Å². The minimum atomic E-state index is -4.94. The Labute approximate surface area is 71.2 Å². The van der Waals surface area contributed by atoms with E-state index in [9.17, 15) is 22.8 Å². The first-order valence-corrected chi connectivity index (χ1v) is 3.05. The van der Waals surface area contributed by atoms with Crippen LogP contribution >= 0.6 is 0 Å². The van der Waals surface area contributed by atoms with E-state index in [2.05, 4.69) is 11.5 Å². The van der Waals surface area contributed by atoms with E-state index in [1.807, 2.05) is 0 Å². The molecule has 13 heavy (non-hydrogen) atoms. The fourth-order valence-electron chi connectivity index (χ4n) is 0.370. The highest BCUT2D eigenvalue weighted by Crippen LogP contribution is 2.27. The second-order valence-electron chi connectivity index (χ2n) is 2.52. The number of rotatable bonds is 1. The predicted octanol–water partition coefficient (Wildman–Crippen LogP) is -0.539. The van der Waals surface area contributed by atoms with Gasteiger partial charge in [-0.1, -0.05) is 0 Å². The summed E-state index contributed by atoms with van der Waals surface area (Å²) in [6.07, 6.45) is -4.94. The van der Waals surface area contributed by atoms with Gasteiger partial charge in [-0.05, 0) is 6.92 Å². The minimum absolute atomic E-state index is 0.436. The molecule has 8 heteroatoms. The van der Waals surface area contributed by atoms with Crippen molar-refractivity contribution in [2.45, 2.75) is 18.6 Å². The number of alkyl halides is 3. The van der Waals surface area contributed by atoms with E-state index < -0.39 is 23.7 Å². The molecule has 0 radical (unpaired) electrons. The van der Waals surface area contributed by atoms with Crippen LogP contribution in [0.15, 0.2) is 0 Å². The van der Waals surface area contributed by atoms with E-state index in [1.165, 1.54) is 5.32 Å². The molecule has 0 spiro atoms. The zero-order valence-electron chi connectivity index (χ0n) is 6.61. The van der Waals surface area contributed by atoms with E-state index in [0.717, 1.165) is 0 Å². The van der Waals surface area contributed by atoms with Gasteiger partial charge in [-0.15, -0.1) is 0 Å². The third kappa shape index (κ3) is 2.58. The fourth-order valence-corrected chi connectivity index (χ4v) is 0.370. The Balaban J connectivity index is 4.65. The monoisotopic (exact) mass is 199 g/mol. The van der Waals surface area contributed by atoms with E-state index in [-0.39, 0.29) is 0 Å². The summed E-state index contributed by atoms with van der Waals surface area (Å²) in [7, 11) is 0. The summed E-state index contributed by atoms with van der Waals surface area (Å²) in [4.78, 5) is 20.7. The number of imide groups is 1. The van der Waals surface area contributed by atoms with E-state index in [1.54, 1.807) is 0 Å². The quantitative estimate of drug-likeness (QED) is 0.529. The van der Waals surface area contributed by atoms with Crippen LogP contribution in [0.1, 0.15) is 6.92 Å². The average Bonchev–Trinajstić information content (AvgIpc) is 1.82. The van der Waals surface area contributed by atoms with Crippen molar-refractivity contribution in [3.8, 4) is 0 Å². The topological polar surface area (TPSA) is 98.2 Å². The molecule has 0 aromatic rings. The molecule has 0 heterocycles. The van der Waals surface area contributed by atoms with Gasteiger partial charge < -0.3 is 11.5 Å². The normalized spacial score (nSPS) is 16.1. The Kier molecular flexibility index (Phi) is 2.88. The van der Waals surface area contributed by atoms with Crippen LogP contribution in [0.25, 0.3) is 0 Å². The SMILES string of the molecule is CC(N)(C(=O)NC(N)=O)C(F)(F)F. The second-order valence-corrected chi connectivity index (χ2v) is 2.52. The van der Waals surface area contributed by atoms with Crippen LogP contribution in [0.4, 0.5) is 18.0 Å². The van der Waals surface area contributed by atoms with Crippen molar-refractivity contribution in [1.82, 2.24) is 5.32 Å². The first-order valence-electron chi connectivity index (χ1n) is 3.05. The van der Waals surface area contributed by atoms with Gasteiger partial charge >= 0.3 is 12.2 Å². The Morgan fingerprint density at radius 1 is 1.31 bits per heavy atom. The predicted molar refractivity (Wildman–Crippen MR) is 36.4 cm³/mol. The first kappa shape index (κ1) is 11.7. The molecule has 76 valence electrons. The third-order valence-corrected chi connectivity index (χ3v) is 1.30. The molecule has 1 atom stereocenters. The second kappa shape index (κ2) is 3.21. The van der Waals surface area contributed by atoms with Crippen molar-refractivity contribution in [2.24, 2.45) is 11.5 Å². The third-order valence-electron chi connectivity index (χ3n) is 1.30. The lowest BCUT2D eigenvalue weighted by Crippen LogP contribution is -2.62. The number of halogens is 3. The van der Waals surface area contributed by atoms with E-state index in [4.69, 9.17) is 0 Å². The lowest BCUT2D eigenvalue weighted by Gasteiger charge is -2.25. The lowest BCUT2D eigenvalue weighted by molar-refractivity contribution is -0.186. The Morgan fingerprint density at radius 3 is 1.92 bits per heavy atom. The number of carbonyl (C=O) groups excluding carboxylic acids is 2. The molecule has 0 saturated heterocycles. The molecule has 0 fully saturated rings. The zero-order chi connectivity index (χ0) is 10.9. The summed E-state index contributed by atoms with van der Waals surface area (Å²) in [5.74, 6) is -1.69. The number of hydrogen-bond acceptors (Lipinski definition) is 3. The number of carbonyl (C=O) groups is 2. The van der Waals surface area contributed by atoms with Gasteiger partial charge in [-0.2, -0.15) is 13.2 Å². The number of primary amides is 1. The molecule has 0 saturated carbocycles. The molecule has 5 nitrogen and oxygen atoms in total. The van der Waals surface area contributed by atoms with Gasteiger partial charge in [-0.25, -0.2) is 4.79 Å². The summed E-state index contributed by atoms with van der Waals surface area (Å²) in [5.41, 5.74) is 5.96. The summed E-state index contributed by atoms with van der Waals surface area (Å²) in [6.45, 7) is 0.436. The highest BCUT2D eigenvalue weighted by Gasteiger charge is 2.54. The molecule has 0 bridgehead atoms. The number of urea groups is 1. The maximum Gasteiger partial charge on any atom is 0.415 e. The van der Waals surface area contributed by atoms with Crippen LogP contribution in [-0.2, 0) is 4.79 Å². The maximum atomic E-state index is 12.0. The molecule has 0 rings (SSSR count). The van der Waals surface area contributed by atoms with Gasteiger partial charge in [0.2, 0.25) is 0 Å². The minimum Gasteiger partial charge on any atom is -0.351 e. The van der Waals surface area contributed by atoms with Crippen LogP contribution in [0, 0.1) is 0 Å². The largest absolute Gasteiger partial charge is 0.415 e. The molecule has 0 aromatic carbocycles.